The van der Waals surface area contributed by atoms with Gasteiger partial charge < -0.3 is 17.0 Å². The van der Waals surface area contributed by atoms with Gasteiger partial charge in [-0.3, -0.25) is 4.79 Å². The van der Waals surface area contributed by atoms with Crippen molar-refractivity contribution < 1.29 is 26.5 Å². The number of carbonyl (C=O) groups is 1. The van der Waals surface area contributed by atoms with Crippen LogP contribution in [0.4, 0.5) is 0 Å². The fraction of sp³-hybridized carbons (Fsp3) is 0.0588. The normalized spacial score (nSPS) is 10.5. The first-order valence-electron chi connectivity index (χ1n) is 7.02. The molecule has 24 heavy (non-hydrogen) atoms. The predicted octanol–water partition coefficient (Wildman–Crippen LogP) is -0.298. The number of halogens is 2. The summed E-state index contributed by atoms with van der Waals surface area (Å²) in [4.78, 5) is 12.1. The zero-order valence-electron chi connectivity index (χ0n) is 12.6. The van der Waals surface area contributed by atoms with Crippen molar-refractivity contribution in [2.75, 3.05) is 0 Å². The molecule has 0 radical (unpaired) electrons. The van der Waals surface area contributed by atoms with Crippen molar-refractivity contribution in [3.8, 4) is 0 Å². The number of aromatic nitrogens is 3. The lowest BCUT2D eigenvalue weighted by molar-refractivity contribution is -0.679. The van der Waals surface area contributed by atoms with Crippen molar-refractivity contribution in [2.45, 2.75) is 6.54 Å². The van der Waals surface area contributed by atoms with E-state index < -0.39 is 0 Å². The van der Waals surface area contributed by atoms with Crippen LogP contribution in [-0.2, 0) is 6.54 Å². The largest absolute Gasteiger partial charge is 1.00 e. The number of benzene rings is 2. The van der Waals surface area contributed by atoms with Crippen LogP contribution in [0.1, 0.15) is 15.9 Å². The van der Waals surface area contributed by atoms with E-state index in [-0.39, 0.29) is 29.3 Å². The van der Waals surface area contributed by atoms with Gasteiger partial charge in [0.15, 0.2) is 12.3 Å². The van der Waals surface area contributed by atoms with E-state index in [1.54, 1.807) is 40.4 Å². The molecular weight excluding hydrogens is 436 g/mol. The third-order valence-corrected chi connectivity index (χ3v) is 3.65. The van der Waals surface area contributed by atoms with Crippen LogP contribution in [0.5, 0.6) is 0 Å². The molecule has 0 unspecified atom stereocenters. The number of rotatable bonds is 5. The summed E-state index contributed by atoms with van der Waals surface area (Å²) < 4.78 is 4.13. The van der Waals surface area contributed by atoms with E-state index in [0.29, 0.717) is 5.56 Å². The van der Waals surface area contributed by atoms with Gasteiger partial charge in [-0.15, -0.1) is 14.5 Å². The number of Topliss-reactive ketones (excluding diaryl/α,β-unsaturated/α-hetero) is 1. The molecular formula is C17H14Br2N4O. The molecule has 2 aromatic carbocycles. The van der Waals surface area contributed by atoms with Gasteiger partial charge in [0.1, 0.15) is 0 Å². The third-order valence-electron chi connectivity index (χ3n) is 3.16. The second kappa shape index (κ2) is 8.65. The van der Waals surface area contributed by atoms with E-state index in [1.807, 2.05) is 42.5 Å². The van der Waals surface area contributed by atoms with Crippen molar-refractivity contribution in [1.29, 1.82) is 0 Å². The van der Waals surface area contributed by atoms with Crippen LogP contribution >= 0.6 is 15.9 Å². The van der Waals surface area contributed by atoms with E-state index in [0.717, 1.165) is 10.0 Å². The summed E-state index contributed by atoms with van der Waals surface area (Å²) in [5.74, 6) is 0.0109. The zero-order chi connectivity index (χ0) is 16.1. The number of ketones is 1. The Morgan fingerprint density at radius 1 is 1.21 bits per heavy atom. The highest BCUT2D eigenvalue weighted by Gasteiger charge is 2.12. The lowest BCUT2D eigenvalue weighted by Crippen LogP contribution is -3.00. The molecule has 3 aromatic rings. The molecule has 0 aliphatic heterocycles. The molecule has 0 saturated heterocycles. The Bertz CT molecular complexity index is 847. The first-order valence-corrected chi connectivity index (χ1v) is 7.82. The van der Waals surface area contributed by atoms with Gasteiger partial charge in [-0.05, 0) is 17.7 Å². The lowest BCUT2D eigenvalue weighted by atomic mass is 10.1. The van der Waals surface area contributed by atoms with Gasteiger partial charge >= 0.3 is 0 Å². The minimum absolute atomic E-state index is 0. The van der Waals surface area contributed by atoms with Crippen LogP contribution in [0.2, 0.25) is 0 Å². The average Bonchev–Trinajstić information content (AvgIpc) is 3.01. The average molecular weight is 450 g/mol. The maximum Gasteiger partial charge on any atom is 0.289 e. The Balaban J connectivity index is 0.00000208. The number of nitrogens with zero attached hydrogens (tertiary/aromatic N) is 4. The van der Waals surface area contributed by atoms with E-state index in [4.69, 9.17) is 0 Å². The molecule has 0 atom stereocenters. The topological polar surface area (TPSA) is 51.1 Å². The Morgan fingerprint density at radius 3 is 2.75 bits per heavy atom. The van der Waals surface area contributed by atoms with Gasteiger partial charge in [0, 0.05) is 15.1 Å². The SMILES string of the molecule is O=C(Cn1c[n+](N=Cc2cccc(Br)c2)cn1)c1ccccc1.[Br-]. The van der Waals surface area contributed by atoms with Crippen molar-refractivity contribution in [3.05, 3.63) is 82.9 Å². The van der Waals surface area contributed by atoms with E-state index in [1.165, 1.54) is 0 Å². The summed E-state index contributed by atoms with van der Waals surface area (Å²) in [6.07, 6.45) is 4.97. The minimum atomic E-state index is 0. The lowest BCUT2D eigenvalue weighted by Gasteiger charge is -1.95. The van der Waals surface area contributed by atoms with Gasteiger partial charge in [0.2, 0.25) is 6.33 Å². The van der Waals surface area contributed by atoms with E-state index in [9.17, 15) is 4.79 Å². The van der Waals surface area contributed by atoms with Crippen LogP contribution in [-0.4, -0.2) is 21.8 Å². The van der Waals surface area contributed by atoms with Crippen molar-refractivity contribution >= 4 is 27.9 Å². The molecule has 0 saturated carbocycles. The quantitative estimate of drug-likeness (QED) is 0.305. The highest BCUT2D eigenvalue weighted by Crippen LogP contribution is 2.09. The highest BCUT2D eigenvalue weighted by molar-refractivity contribution is 9.10. The zero-order valence-corrected chi connectivity index (χ0v) is 15.8. The van der Waals surface area contributed by atoms with Crippen molar-refractivity contribution in [3.63, 3.8) is 0 Å². The Hall–Kier alpha value is -2.12. The smallest absolute Gasteiger partial charge is 0.289 e. The standard InChI is InChI=1S/C17H14BrN4O.BrH/c18-16-8-4-5-14(9-16)10-19-22-12-20-21(13-22)11-17(23)15-6-2-1-3-7-15;/h1-10,12-13H,11H2;1H/q+1;/p-1. The second-order valence-electron chi connectivity index (χ2n) is 4.91. The fourth-order valence-electron chi connectivity index (χ4n) is 2.04. The van der Waals surface area contributed by atoms with Gasteiger partial charge in [0.05, 0.1) is 6.21 Å². The molecule has 1 heterocycles. The molecule has 0 aliphatic rings. The molecule has 122 valence electrons. The van der Waals surface area contributed by atoms with E-state index in [2.05, 4.69) is 26.1 Å². The molecule has 0 aliphatic carbocycles. The number of hydrogen-bond donors (Lipinski definition) is 0. The first kappa shape index (κ1) is 18.2. The molecule has 7 heteroatoms. The molecule has 0 N–H and O–H groups in total. The molecule has 1 aromatic heterocycles. The monoisotopic (exact) mass is 448 g/mol. The summed E-state index contributed by atoms with van der Waals surface area (Å²) in [5, 5.41) is 8.44. The molecule has 0 spiro atoms. The summed E-state index contributed by atoms with van der Waals surface area (Å²) in [6, 6.07) is 17.0. The van der Waals surface area contributed by atoms with Crippen LogP contribution in [0.3, 0.4) is 0 Å². The van der Waals surface area contributed by atoms with Gasteiger partial charge in [-0.2, -0.15) is 0 Å². The Kier molecular flexibility index (Phi) is 6.57. The number of carbonyl (C=O) groups excluding carboxylic acids is 1. The molecule has 5 nitrogen and oxygen atoms in total. The summed E-state index contributed by atoms with van der Waals surface area (Å²) in [5.41, 5.74) is 1.65. The van der Waals surface area contributed by atoms with Crippen LogP contribution in [0.25, 0.3) is 0 Å². The van der Waals surface area contributed by atoms with Crippen LogP contribution < -0.4 is 21.7 Å². The molecule has 0 fully saturated rings. The molecule has 3 rings (SSSR count). The summed E-state index contributed by atoms with van der Waals surface area (Å²) in [7, 11) is 0. The molecule has 0 amide bonds. The maximum absolute atomic E-state index is 12.1. The first-order chi connectivity index (χ1) is 11.2. The van der Waals surface area contributed by atoms with Crippen molar-refractivity contribution in [1.82, 2.24) is 9.78 Å². The van der Waals surface area contributed by atoms with E-state index >= 15 is 0 Å². The minimum Gasteiger partial charge on any atom is -1.00 e. The second-order valence-corrected chi connectivity index (χ2v) is 5.83. The van der Waals surface area contributed by atoms with Gasteiger partial charge in [-0.1, -0.05) is 58.4 Å². The fourth-order valence-corrected chi connectivity index (χ4v) is 2.46. The third kappa shape index (κ3) is 4.94. The highest BCUT2D eigenvalue weighted by atomic mass is 79.9. The predicted molar refractivity (Wildman–Crippen MR) is 90.3 cm³/mol. The van der Waals surface area contributed by atoms with Gasteiger partial charge in [-0.25, -0.2) is 0 Å². The number of hydrogen-bond acceptors (Lipinski definition) is 3. The van der Waals surface area contributed by atoms with Crippen LogP contribution in [0, 0.1) is 0 Å². The van der Waals surface area contributed by atoms with Gasteiger partial charge in [0.25, 0.3) is 6.33 Å². The summed E-state index contributed by atoms with van der Waals surface area (Å²) >= 11 is 3.42. The van der Waals surface area contributed by atoms with Crippen molar-refractivity contribution in [2.24, 2.45) is 5.10 Å². The van der Waals surface area contributed by atoms with Crippen LogP contribution in [0.15, 0.2) is 76.8 Å². The maximum atomic E-state index is 12.1. The molecule has 0 bridgehead atoms. The Morgan fingerprint density at radius 2 is 2.00 bits per heavy atom. The Labute approximate surface area is 158 Å². The summed E-state index contributed by atoms with van der Waals surface area (Å²) in [6.45, 7) is 0.184.